The van der Waals surface area contributed by atoms with Gasteiger partial charge in [-0.3, -0.25) is 14.0 Å². The molecule has 5 rings (SSSR count). The third-order valence-electron chi connectivity index (χ3n) is 5.14. The number of ether oxygens (including phenoxy) is 1. The molecule has 3 aromatic heterocycles. The average Bonchev–Trinajstić information content (AvgIpc) is 3.27. The van der Waals surface area contributed by atoms with Crippen molar-refractivity contribution < 1.29 is 4.74 Å². The second kappa shape index (κ2) is 6.90. The predicted octanol–water partition coefficient (Wildman–Crippen LogP) is 4.83. The Balaban J connectivity index is 1.40. The summed E-state index contributed by atoms with van der Waals surface area (Å²) in [6.45, 7) is 2.47. The summed E-state index contributed by atoms with van der Waals surface area (Å²) in [7, 11) is 1.92. The molecule has 5 nitrogen and oxygen atoms in total. The van der Waals surface area contributed by atoms with Crippen LogP contribution in [-0.2, 0) is 13.7 Å². The summed E-state index contributed by atoms with van der Waals surface area (Å²) in [4.78, 5) is 13.8. The van der Waals surface area contributed by atoms with Gasteiger partial charge in [0, 0.05) is 45.7 Å². The molecule has 6 heteroatoms. The smallest absolute Gasteiger partial charge is 0.258 e. The Kier molecular flexibility index (Phi) is 4.21. The summed E-state index contributed by atoms with van der Waals surface area (Å²) in [5.41, 5.74) is 2.68. The highest BCUT2D eigenvalue weighted by atomic mass is 32.1. The zero-order chi connectivity index (χ0) is 20.0. The fraction of sp³-hybridized carbons (Fsp3) is 0.130. The van der Waals surface area contributed by atoms with Crippen LogP contribution < -0.4 is 10.3 Å². The zero-order valence-electron chi connectivity index (χ0n) is 16.1. The lowest BCUT2D eigenvalue weighted by Crippen LogP contribution is -2.16. The van der Waals surface area contributed by atoms with Gasteiger partial charge in [0.2, 0.25) is 0 Å². The second-order valence-corrected chi connectivity index (χ2v) is 8.19. The molecular formula is C23H19N3O2S. The largest absolute Gasteiger partial charge is 0.488 e. The van der Waals surface area contributed by atoms with Gasteiger partial charge in [-0.25, -0.2) is 0 Å². The van der Waals surface area contributed by atoms with Crippen molar-refractivity contribution in [2.45, 2.75) is 13.5 Å². The lowest BCUT2D eigenvalue weighted by Gasteiger charge is -2.08. The first-order valence-corrected chi connectivity index (χ1v) is 10.2. The molecule has 0 amide bonds. The molecule has 2 aromatic carbocycles. The Labute approximate surface area is 171 Å². The minimum atomic E-state index is -0.125. The number of nitrogens with zero attached hydrogens (tertiary/aromatic N) is 3. The van der Waals surface area contributed by atoms with E-state index in [1.165, 1.54) is 16.2 Å². The van der Waals surface area contributed by atoms with E-state index in [9.17, 15) is 4.79 Å². The normalized spacial score (nSPS) is 11.4. The standard InChI is InChI=1S/C23H19N3O2S/c1-15-20-12-17(7-8-21(20)24-25(15)2)26-10-9-18(13-23(26)27)28-14-19-11-16-5-3-4-6-22(16)29-19/h3-13H,14H2,1-2H3. The van der Waals surface area contributed by atoms with Gasteiger partial charge in [0.05, 0.1) is 5.52 Å². The van der Waals surface area contributed by atoms with Gasteiger partial charge in [-0.05, 0) is 48.7 Å². The molecule has 0 bridgehead atoms. The highest BCUT2D eigenvalue weighted by Crippen LogP contribution is 2.26. The lowest BCUT2D eigenvalue weighted by atomic mass is 10.2. The fourth-order valence-corrected chi connectivity index (χ4v) is 4.47. The average molecular weight is 401 g/mol. The molecule has 0 aliphatic heterocycles. The van der Waals surface area contributed by atoms with Gasteiger partial charge in [0.25, 0.3) is 5.56 Å². The number of rotatable bonds is 4. The van der Waals surface area contributed by atoms with Crippen LogP contribution in [0.3, 0.4) is 0 Å². The SMILES string of the molecule is Cc1c2cc(-n3ccc(OCc4cc5ccccc5s4)cc3=O)ccc2nn1C. The van der Waals surface area contributed by atoms with Gasteiger partial charge in [-0.1, -0.05) is 18.2 Å². The van der Waals surface area contributed by atoms with Crippen molar-refractivity contribution in [2.75, 3.05) is 0 Å². The Bertz CT molecular complexity index is 1380. The number of benzene rings is 2. The third kappa shape index (κ3) is 3.21. The van der Waals surface area contributed by atoms with E-state index in [1.54, 1.807) is 22.1 Å². The molecule has 0 N–H and O–H groups in total. The van der Waals surface area contributed by atoms with Gasteiger partial charge in [-0.15, -0.1) is 11.3 Å². The van der Waals surface area contributed by atoms with Crippen LogP contribution in [0.15, 0.2) is 71.7 Å². The lowest BCUT2D eigenvalue weighted by molar-refractivity contribution is 0.309. The summed E-state index contributed by atoms with van der Waals surface area (Å²) in [5, 5.41) is 6.72. The molecular weight excluding hydrogens is 382 g/mol. The van der Waals surface area contributed by atoms with Crippen molar-refractivity contribution in [1.29, 1.82) is 0 Å². The maximum absolute atomic E-state index is 12.7. The number of hydrogen-bond donors (Lipinski definition) is 0. The number of pyridine rings is 1. The number of hydrogen-bond acceptors (Lipinski definition) is 4. The quantitative estimate of drug-likeness (QED) is 0.434. The van der Waals surface area contributed by atoms with E-state index in [0.717, 1.165) is 27.2 Å². The van der Waals surface area contributed by atoms with E-state index in [2.05, 4.69) is 23.3 Å². The van der Waals surface area contributed by atoms with E-state index in [1.807, 2.05) is 55.1 Å². The molecule has 0 saturated carbocycles. The van der Waals surface area contributed by atoms with Crippen molar-refractivity contribution in [1.82, 2.24) is 14.3 Å². The first kappa shape index (κ1) is 17.7. The van der Waals surface area contributed by atoms with Crippen LogP contribution >= 0.6 is 11.3 Å². The first-order valence-electron chi connectivity index (χ1n) is 9.35. The molecule has 144 valence electrons. The Morgan fingerprint density at radius 1 is 1.07 bits per heavy atom. The Morgan fingerprint density at radius 2 is 1.93 bits per heavy atom. The van der Waals surface area contributed by atoms with Crippen LogP contribution in [0.2, 0.25) is 0 Å². The van der Waals surface area contributed by atoms with E-state index < -0.39 is 0 Å². The Morgan fingerprint density at radius 3 is 2.76 bits per heavy atom. The van der Waals surface area contributed by atoms with E-state index in [4.69, 9.17) is 4.74 Å². The number of aryl methyl sites for hydroxylation is 2. The van der Waals surface area contributed by atoms with Crippen molar-refractivity contribution in [3.63, 3.8) is 0 Å². The maximum atomic E-state index is 12.7. The van der Waals surface area contributed by atoms with Crippen molar-refractivity contribution in [2.24, 2.45) is 7.05 Å². The summed E-state index contributed by atoms with van der Waals surface area (Å²) in [5.74, 6) is 0.572. The molecule has 0 fully saturated rings. The Hall–Kier alpha value is -3.38. The number of fused-ring (bicyclic) bond motifs is 2. The van der Waals surface area contributed by atoms with Crippen LogP contribution in [0.25, 0.3) is 26.7 Å². The summed E-state index contributed by atoms with van der Waals surface area (Å²) < 4.78 is 10.6. The molecule has 0 saturated heterocycles. The van der Waals surface area contributed by atoms with Gasteiger partial charge < -0.3 is 4.74 Å². The summed E-state index contributed by atoms with van der Waals surface area (Å²) in [6.07, 6.45) is 1.76. The molecule has 0 spiro atoms. The fourth-order valence-electron chi connectivity index (χ4n) is 3.49. The summed E-state index contributed by atoms with van der Waals surface area (Å²) in [6, 6.07) is 19.6. The van der Waals surface area contributed by atoms with Gasteiger partial charge >= 0.3 is 0 Å². The molecule has 0 aliphatic carbocycles. The van der Waals surface area contributed by atoms with Gasteiger partial charge in [-0.2, -0.15) is 5.10 Å². The van der Waals surface area contributed by atoms with Gasteiger partial charge in [0.15, 0.2) is 0 Å². The molecule has 0 radical (unpaired) electrons. The molecule has 0 aliphatic rings. The minimum Gasteiger partial charge on any atom is -0.488 e. The number of aromatic nitrogens is 3. The highest BCUT2D eigenvalue weighted by molar-refractivity contribution is 7.19. The molecule has 5 aromatic rings. The predicted molar refractivity (Wildman–Crippen MR) is 117 cm³/mol. The highest BCUT2D eigenvalue weighted by Gasteiger charge is 2.09. The van der Waals surface area contributed by atoms with E-state index in [0.29, 0.717) is 12.4 Å². The molecule has 0 atom stereocenters. The van der Waals surface area contributed by atoms with Crippen molar-refractivity contribution >= 4 is 32.3 Å². The van der Waals surface area contributed by atoms with E-state index >= 15 is 0 Å². The van der Waals surface area contributed by atoms with Crippen molar-refractivity contribution in [3.05, 3.63) is 87.8 Å². The van der Waals surface area contributed by atoms with E-state index in [-0.39, 0.29) is 5.56 Å². The molecule has 3 heterocycles. The summed E-state index contributed by atoms with van der Waals surface area (Å²) >= 11 is 1.71. The third-order valence-corrected chi connectivity index (χ3v) is 6.23. The van der Waals surface area contributed by atoms with Crippen LogP contribution in [0.4, 0.5) is 0 Å². The van der Waals surface area contributed by atoms with Crippen LogP contribution in [-0.4, -0.2) is 14.3 Å². The topological polar surface area (TPSA) is 49.1 Å². The van der Waals surface area contributed by atoms with Crippen LogP contribution in [0.1, 0.15) is 10.6 Å². The monoisotopic (exact) mass is 401 g/mol. The van der Waals surface area contributed by atoms with Gasteiger partial charge in [0.1, 0.15) is 12.4 Å². The first-order chi connectivity index (χ1) is 14.1. The number of thiophene rings is 1. The van der Waals surface area contributed by atoms with Crippen LogP contribution in [0.5, 0.6) is 5.75 Å². The molecule has 29 heavy (non-hydrogen) atoms. The van der Waals surface area contributed by atoms with Crippen molar-refractivity contribution in [3.8, 4) is 11.4 Å². The minimum absolute atomic E-state index is 0.125. The zero-order valence-corrected chi connectivity index (χ0v) is 16.9. The van der Waals surface area contributed by atoms with Crippen LogP contribution in [0, 0.1) is 6.92 Å². The second-order valence-electron chi connectivity index (χ2n) is 7.02. The molecule has 0 unspecified atom stereocenters. The maximum Gasteiger partial charge on any atom is 0.258 e.